The zero-order valence-corrected chi connectivity index (χ0v) is 21.1. The number of benzene rings is 3. The Bertz CT molecular complexity index is 1380. The first-order valence-electron chi connectivity index (χ1n) is 11.7. The summed E-state index contributed by atoms with van der Waals surface area (Å²) in [5.74, 6) is -3.14. The molecule has 4 rings (SSSR count). The summed E-state index contributed by atoms with van der Waals surface area (Å²) in [6, 6.07) is 15.2. The van der Waals surface area contributed by atoms with E-state index in [0.717, 1.165) is 29.3 Å². The molecule has 38 heavy (non-hydrogen) atoms. The zero-order valence-electron chi connectivity index (χ0n) is 20.3. The van der Waals surface area contributed by atoms with Crippen molar-refractivity contribution < 1.29 is 30.4 Å². The Kier molecular flexibility index (Phi) is 8.02. The number of piperazine rings is 1. The van der Waals surface area contributed by atoms with Crippen molar-refractivity contribution in [2.24, 2.45) is 5.10 Å². The highest BCUT2D eigenvalue weighted by Crippen LogP contribution is 2.31. The SMILES string of the molecule is Cc1ccc(S(=O)(=O)N/N=C(\c2c(F)cccc2F)N2CCN(Cc3ccccc3)CC2C(F)(F)F)cc1. The number of amidine groups is 1. The van der Waals surface area contributed by atoms with Crippen LogP contribution in [0.5, 0.6) is 0 Å². The van der Waals surface area contributed by atoms with Crippen LogP contribution < -0.4 is 4.83 Å². The summed E-state index contributed by atoms with van der Waals surface area (Å²) in [6.07, 6.45) is -4.81. The van der Waals surface area contributed by atoms with Crippen molar-refractivity contribution in [1.29, 1.82) is 0 Å². The minimum atomic E-state index is -4.81. The first-order chi connectivity index (χ1) is 18.0. The monoisotopic (exact) mass is 552 g/mol. The number of aryl methyl sites for hydroxylation is 1. The smallest absolute Gasteiger partial charge is 0.340 e. The van der Waals surface area contributed by atoms with Gasteiger partial charge in [-0.25, -0.2) is 8.78 Å². The van der Waals surface area contributed by atoms with Gasteiger partial charge < -0.3 is 4.90 Å². The number of rotatable bonds is 6. The largest absolute Gasteiger partial charge is 0.410 e. The molecule has 0 radical (unpaired) electrons. The van der Waals surface area contributed by atoms with E-state index in [0.29, 0.717) is 4.90 Å². The van der Waals surface area contributed by atoms with E-state index >= 15 is 0 Å². The molecule has 0 aromatic heterocycles. The lowest BCUT2D eigenvalue weighted by Gasteiger charge is -2.43. The molecule has 3 aromatic rings. The highest BCUT2D eigenvalue weighted by Gasteiger charge is 2.48. The Morgan fingerprint density at radius 3 is 2.18 bits per heavy atom. The second kappa shape index (κ2) is 11.1. The number of halogens is 5. The topological polar surface area (TPSA) is 65.0 Å². The molecule has 1 N–H and O–H groups in total. The van der Waals surface area contributed by atoms with Crippen LogP contribution >= 0.6 is 0 Å². The molecule has 0 saturated carbocycles. The van der Waals surface area contributed by atoms with E-state index in [9.17, 15) is 30.4 Å². The maximum Gasteiger partial charge on any atom is 0.410 e. The molecule has 1 saturated heterocycles. The third-order valence-corrected chi connectivity index (χ3v) is 7.38. The van der Waals surface area contributed by atoms with Gasteiger partial charge >= 0.3 is 6.18 Å². The van der Waals surface area contributed by atoms with Crippen molar-refractivity contribution >= 4 is 15.9 Å². The van der Waals surface area contributed by atoms with Crippen LogP contribution in [0.3, 0.4) is 0 Å². The molecule has 1 unspecified atom stereocenters. The van der Waals surface area contributed by atoms with Crippen molar-refractivity contribution in [3.63, 3.8) is 0 Å². The van der Waals surface area contributed by atoms with Gasteiger partial charge in [0.05, 0.1) is 10.5 Å². The van der Waals surface area contributed by atoms with Gasteiger partial charge in [0.1, 0.15) is 17.7 Å². The van der Waals surface area contributed by atoms with Gasteiger partial charge in [-0.15, -0.1) is 5.10 Å². The lowest BCUT2D eigenvalue weighted by molar-refractivity contribution is -0.185. The highest BCUT2D eigenvalue weighted by atomic mass is 32.2. The van der Waals surface area contributed by atoms with E-state index in [1.54, 1.807) is 42.2 Å². The molecule has 6 nitrogen and oxygen atoms in total. The molecule has 1 fully saturated rings. The number of nitrogens with one attached hydrogen (secondary N) is 1. The van der Waals surface area contributed by atoms with Crippen molar-refractivity contribution in [1.82, 2.24) is 14.6 Å². The van der Waals surface area contributed by atoms with Gasteiger partial charge in [0, 0.05) is 26.2 Å². The molecular formula is C26H25F5N4O2S. The average molecular weight is 553 g/mol. The van der Waals surface area contributed by atoms with E-state index < -0.39 is 51.8 Å². The van der Waals surface area contributed by atoms with Crippen LogP contribution in [-0.4, -0.2) is 55.9 Å². The second-order valence-corrected chi connectivity index (χ2v) is 10.6. The minimum Gasteiger partial charge on any atom is -0.340 e. The molecule has 1 atom stereocenters. The lowest BCUT2D eigenvalue weighted by Crippen LogP contribution is -2.61. The third kappa shape index (κ3) is 6.30. The van der Waals surface area contributed by atoms with Crippen molar-refractivity contribution in [3.8, 4) is 0 Å². The molecular weight excluding hydrogens is 527 g/mol. The third-order valence-electron chi connectivity index (χ3n) is 6.15. The Labute approximate surface area is 217 Å². The predicted octanol–water partition coefficient (Wildman–Crippen LogP) is 4.66. The molecule has 1 aliphatic heterocycles. The quantitative estimate of drug-likeness (QED) is 0.209. The van der Waals surface area contributed by atoms with Crippen molar-refractivity contribution in [2.75, 3.05) is 19.6 Å². The van der Waals surface area contributed by atoms with Gasteiger partial charge in [-0.3, -0.25) is 4.90 Å². The van der Waals surface area contributed by atoms with E-state index in [2.05, 4.69) is 5.10 Å². The van der Waals surface area contributed by atoms with E-state index in [-0.39, 0.29) is 24.5 Å². The molecule has 0 amide bonds. The maximum absolute atomic E-state index is 14.8. The van der Waals surface area contributed by atoms with Crippen molar-refractivity contribution in [2.45, 2.75) is 30.6 Å². The first-order valence-corrected chi connectivity index (χ1v) is 13.1. The van der Waals surface area contributed by atoms with Crippen LogP contribution in [0.1, 0.15) is 16.7 Å². The predicted molar refractivity (Wildman–Crippen MR) is 133 cm³/mol. The van der Waals surface area contributed by atoms with Crippen LogP contribution in [0.25, 0.3) is 0 Å². The van der Waals surface area contributed by atoms with Crippen LogP contribution in [0.4, 0.5) is 22.0 Å². The van der Waals surface area contributed by atoms with Crippen LogP contribution in [-0.2, 0) is 16.6 Å². The Morgan fingerprint density at radius 1 is 0.947 bits per heavy atom. The van der Waals surface area contributed by atoms with Gasteiger partial charge in [0.25, 0.3) is 10.0 Å². The average Bonchev–Trinajstić information content (AvgIpc) is 2.86. The molecule has 12 heteroatoms. The fourth-order valence-electron chi connectivity index (χ4n) is 4.21. The van der Waals surface area contributed by atoms with Gasteiger partial charge in [0.2, 0.25) is 0 Å². The zero-order chi connectivity index (χ0) is 27.5. The molecule has 1 aliphatic rings. The Hall–Kier alpha value is -3.51. The van der Waals surface area contributed by atoms with Crippen LogP contribution in [0, 0.1) is 18.6 Å². The summed E-state index contributed by atoms with van der Waals surface area (Å²) in [7, 11) is -4.35. The summed E-state index contributed by atoms with van der Waals surface area (Å²) in [4.78, 5) is 3.95. The number of alkyl halides is 3. The summed E-state index contributed by atoms with van der Waals surface area (Å²) in [5, 5.41) is 3.69. The normalized spacial score (nSPS) is 17.5. The molecule has 0 aliphatic carbocycles. The highest BCUT2D eigenvalue weighted by molar-refractivity contribution is 7.89. The van der Waals surface area contributed by atoms with Crippen LogP contribution in [0.2, 0.25) is 0 Å². The lowest BCUT2D eigenvalue weighted by atomic mass is 10.1. The molecule has 0 spiro atoms. The standard InChI is InChI=1S/C26H25F5N4O2S/c1-18-10-12-20(13-11-18)38(36,37)33-32-25(24-21(27)8-5-9-22(24)28)35-15-14-34(17-23(35)26(29,30)31)16-19-6-3-2-4-7-19/h2-13,23,33H,14-17H2,1H3/b32-25+. The number of hydrazone groups is 1. The van der Waals surface area contributed by atoms with Gasteiger partial charge in [-0.1, -0.05) is 54.1 Å². The van der Waals surface area contributed by atoms with Gasteiger partial charge in [0.15, 0.2) is 5.84 Å². The summed E-state index contributed by atoms with van der Waals surface area (Å²) >= 11 is 0. The molecule has 1 heterocycles. The van der Waals surface area contributed by atoms with Gasteiger partial charge in [-0.2, -0.15) is 26.4 Å². The Morgan fingerprint density at radius 2 is 1.58 bits per heavy atom. The number of hydrogen-bond donors (Lipinski definition) is 1. The van der Waals surface area contributed by atoms with Gasteiger partial charge in [-0.05, 0) is 36.8 Å². The first kappa shape index (κ1) is 27.5. The number of sulfonamides is 1. The fraction of sp³-hybridized carbons (Fsp3) is 0.269. The summed E-state index contributed by atoms with van der Waals surface area (Å²) in [5.41, 5.74) is 0.731. The van der Waals surface area contributed by atoms with Crippen molar-refractivity contribution in [3.05, 3.63) is 101 Å². The fourth-order valence-corrected chi connectivity index (χ4v) is 5.01. The Balaban J connectivity index is 1.72. The molecule has 202 valence electrons. The molecule has 3 aromatic carbocycles. The summed E-state index contributed by atoms with van der Waals surface area (Å²) < 4.78 is 98.2. The summed E-state index contributed by atoms with van der Waals surface area (Å²) in [6.45, 7) is 1.27. The van der Waals surface area contributed by atoms with E-state index in [4.69, 9.17) is 0 Å². The number of hydrogen-bond acceptors (Lipinski definition) is 4. The van der Waals surface area contributed by atoms with Crippen LogP contribution in [0.15, 0.2) is 82.8 Å². The molecule has 0 bridgehead atoms. The second-order valence-electron chi connectivity index (χ2n) is 8.91. The van der Waals surface area contributed by atoms with E-state index in [1.165, 1.54) is 24.3 Å². The number of nitrogens with zero attached hydrogens (tertiary/aromatic N) is 3. The minimum absolute atomic E-state index is 0.112. The maximum atomic E-state index is 14.8. The van der Waals surface area contributed by atoms with E-state index in [1.807, 2.05) is 4.83 Å².